The molecule has 1 aliphatic rings. The second-order valence-electron chi connectivity index (χ2n) is 9.64. The molecular weight excluding hydrogens is 456 g/mol. The lowest BCUT2D eigenvalue weighted by molar-refractivity contribution is 0.0164. The molecule has 1 aliphatic heterocycles. The van der Waals surface area contributed by atoms with Gasteiger partial charge in [0.25, 0.3) is 0 Å². The molecule has 1 fully saturated rings. The van der Waals surface area contributed by atoms with E-state index in [2.05, 4.69) is 0 Å². The van der Waals surface area contributed by atoms with Gasteiger partial charge in [-0.2, -0.15) is 0 Å². The Morgan fingerprint density at radius 2 is 1.91 bits per heavy atom. The van der Waals surface area contributed by atoms with Gasteiger partial charge in [0, 0.05) is 24.5 Å². The van der Waals surface area contributed by atoms with Crippen LogP contribution >= 0.6 is 11.6 Å². The van der Waals surface area contributed by atoms with Crippen LogP contribution in [-0.2, 0) is 4.74 Å². The zero-order chi connectivity index (χ0) is 24.5. The van der Waals surface area contributed by atoms with Crippen LogP contribution in [0.1, 0.15) is 39.4 Å². The van der Waals surface area contributed by atoms with Crippen LogP contribution in [0.3, 0.4) is 0 Å². The lowest BCUT2D eigenvalue weighted by Gasteiger charge is -2.33. The summed E-state index contributed by atoms with van der Waals surface area (Å²) in [5.41, 5.74) is 0.874. The molecule has 0 unspecified atom stereocenters. The van der Waals surface area contributed by atoms with Crippen molar-refractivity contribution in [1.29, 1.82) is 0 Å². The highest BCUT2D eigenvalue weighted by Crippen LogP contribution is 2.37. The number of furan rings is 1. The van der Waals surface area contributed by atoms with E-state index < -0.39 is 5.60 Å². The largest absolute Gasteiger partial charge is 0.493 e. The number of carbonyl (C=O) groups excluding carboxylic acids is 1. The van der Waals surface area contributed by atoms with E-state index >= 15 is 0 Å². The summed E-state index contributed by atoms with van der Waals surface area (Å²) in [5.74, 6) is 3.01. The maximum atomic E-state index is 12.3. The number of benzene rings is 1. The number of hydrogen-bond acceptors (Lipinski definition) is 6. The van der Waals surface area contributed by atoms with Crippen molar-refractivity contribution in [2.75, 3.05) is 26.8 Å². The first-order valence-corrected chi connectivity index (χ1v) is 11.9. The number of hydrogen-bond donors (Lipinski definition) is 0. The van der Waals surface area contributed by atoms with Crippen LogP contribution in [0.4, 0.5) is 4.79 Å². The SMILES string of the molecule is COc1cc2c(Cl)cc(-c3ccc(C)o3)nc2cc1OCC1CCN(C(=O)OC(C)(C)C)CC1. The number of nitrogens with zero attached hydrogens (tertiary/aromatic N) is 2. The maximum Gasteiger partial charge on any atom is 0.410 e. The van der Waals surface area contributed by atoms with Crippen molar-refractivity contribution in [3.63, 3.8) is 0 Å². The normalized spacial score (nSPS) is 14.9. The smallest absolute Gasteiger partial charge is 0.410 e. The van der Waals surface area contributed by atoms with E-state index in [1.807, 2.05) is 52.0 Å². The number of methoxy groups -OCH3 is 1. The molecule has 8 heteroatoms. The van der Waals surface area contributed by atoms with Crippen molar-refractivity contribution in [3.8, 4) is 23.0 Å². The number of aromatic nitrogens is 1. The van der Waals surface area contributed by atoms with Gasteiger partial charge in [0.15, 0.2) is 17.3 Å². The minimum absolute atomic E-state index is 0.256. The molecule has 0 radical (unpaired) electrons. The van der Waals surface area contributed by atoms with Gasteiger partial charge < -0.3 is 23.5 Å². The highest BCUT2D eigenvalue weighted by molar-refractivity contribution is 6.35. The summed E-state index contributed by atoms with van der Waals surface area (Å²) in [5, 5.41) is 1.34. The van der Waals surface area contributed by atoms with Gasteiger partial charge in [-0.3, -0.25) is 0 Å². The molecule has 7 nitrogen and oxygen atoms in total. The van der Waals surface area contributed by atoms with E-state index in [1.165, 1.54) is 0 Å². The Bertz CT molecular complexity index is 1180. The molecule has 0 bridgehead atoms. The first-order valence-electron chi connectivity index (χ1n) is 11.5. The number of ether oxygens (including phenoxy) is 3. The zero-order valence-electron chi connectivity index (χ0n) is 20.3. The summed E-state index contributed by atoms with van der Waals surface area (Å²) in [6.45, 7) is 9.35. The Hall–Kier alpha value is -2.93. The number of piperidine rings is 1. The first kappa shape index (κ1) is 24.2. The molecule has 2 aromatic heterocycles. The number of pyridine rings is 1. The molecule has 0 saturated carbocycles. The third kappa shape index (κ3) is 5.58. The molecule has 0 spiro atoms. The fourth-order valence-electron chi connectivity index (χ4n) is 3.98. The van der Waals surface area contributed by atoms with Crippen LogP contribution in [-0.4, -0.2) is 48.4 Å². The standard InChI is InChI=1S/C26H31ClN2O5/c1-16-6-7-22(33-16)21-13-19(27)18-12-23(31-5)24(14-20(18)28-21)32-15-17-8-10-29(11-9-17)25(30)34-26(2,3)4/h6-7,12-14,17H,8-11,15H2,1-5H3. The number of halogens is 1. The van der Waals surface area contributed by atoms with Crippen molar-refractivity contribution >= 4 is 28.6 Å². The minimum Gasteiger partial charge on any atom is -0.493 e. The highest BCUT2D eigenvalue weighted by atomic mass is 35.5. The number of carbonyl (C=O) groups is 1. The molecule has 4 rings (SSSR count). The van der Waals surface area contributed by atoms with Crippen LogP contribution in [0, 0.1) is 12.8 Å². The number of likely N-dealkylation sites (tertiary alicyclic amines) is 1. The molecule has 3 heterocycles. The summed E-state index contributed by atoms with van der Waals surface area (Å²) in [6.07, 6.45) is 1.44. The number of amides is 1. The van der Waals surface area contributed by atoms with Crippen molar-refractivity contribution in [2.45, 2.75) is 46.1 Å². The average molecular weight is 487 g/mol. The second-order valence-corrected chi connectivity index (χ2v) is 10.0. The molecule has 1 amide bonds. The quantitative estimate of drug-likeness (QED) is 0.410. The second kappa shape index (κ2) is 9.74. The van der Waals surface area contributed by atoms with Gasteiger partial charge in [-0.15, -0.1) is 0 Å². The molecule has 1 saturated heterocycles. The fraction of sp³-hybridized carbons (Fsp3) is 0.462. The number of aryl methyl sites for hydroxylation is 1. The highest BCUT2D eigenvalue weighted by Gasteiger charge is 2.27. The van der Waals surface area contributed by atoms with Gasteiger partial charge in [-0.25, -0.2) is 9.78 Å². The van der Waals surface area contributed by atoms with Crippen molar-refractivity contribution in [1.82, 2.24) is 9.88 Å². The molecule has 3 aromatic rings. The zero-order valence-corrected chi connectivity index (χ0v) is 21.1. The van der Waals surface area contributed by atoms with Crippen LogP contribution in [0.25, 0.3) is 22.4 Å². The van der Waals surface area contributed by atoms with E-state index in [0.717, 1.165) is 24.0 Å². The van der Waals surface area contributed by atoms with Crippen LogP contribution in [0.15, 0.2) is 34.7 Å². The Morgan fingerprint density at radius 1 is 1.18 bits per heavy atom. The third-order valence-electron chi connectivity index (χ3n) is 5.78. The fourth-order valence-corrected chi connectivity index (χ4v) is 4.23. The van der Waals surface area contributed by atoms with Gasteiger partial charge in [-0.1, -0.05) is 11.6 Å². The van der Waals surface area contributed by atoms with Gasteiger partial charge in [0.05, 0.1) is 24.3 Å². The lowest BCUT2D eigenvalue weighted by Crippen LogP contribution is -2.42. The molecular formula is C26H31ClN2O5. The van der Waals surface area contributed by atoms with Gasteiger partial charge in [0.1, 0.15) is 17.1 Å². The van der Waals surface area contributed by atoms with Gasteiger partial charge in [0.2, 0.25) is 0 Å². The third-order valence-corrected chi connectivity index (χ3v) is 6.09. The molecule has 1 aromatic carbocycles. The van der Waals surface area contributed by atoms with E-state index in [-0.39, 0.29) is 6.09 Å². The van der Waals surface area contributed by atoms with E-state index in [4.69, 9.17) is 35.2 Å². The Morgan fingerprint density at radius 3 is 2.53 bits per heavy atom. The summed E-state index contributed by atoms with van der Waals surface area (Å²) < 4.78 is 22.9. The van der Waals surface area contributed by atoms with Gasteiger partial charge in [-0.05, 0) is 70.7 Å². The number of fused-ring (bicyclic) bond motifs is 1. The Kier molecular flexibility index (Phi) is 6.94. The topological polar surface area (TPSA) is 74.0 Å². The summed E-state index contributed by atoms with van der Waals surface area (Å²) in [7, 11) is 1.61. The summed E-state index contributed by atoms with van der Waals surface area (Å²) in [4.78, 5) is 18.8. The van der Waals surface area contributed by atoms with E-state index in [0.29, 0.717) is 59.1 Å². The summed E-state index contributed by atoms with van der Waals surface area (Å²) in [6, 6.07) is 9.27. The molecule has 34 heavy (non-hydrogen) atoms. The average Bonchev–Trinajstić information content (AvgIpc) is 3.22. The maximum absolute atomic E-state index is 12.3. The van der Waals surface area contributed by atoms with E-state index in [1.54, 1.807) is 18.1 Å². The predicted molar refractivity (Wildman–Crippen MR) is 132 cm³/mol. The lowest BCUT2D eigenvalue weighted by atomic mass is 9.98. The predicted octanol–water partition coefficient (Wildman–Crippen LogP) is 6.49. The van der Waals surface area contributed by atoms with Crippen molar-refractivity contribution in [3.05, 3.63) is 41.1 Å². The van der Waals surface area contributed by atoms with Crippen molar-refractivity contribution < 1.29 is 23.4 Å². The Labute approximate surface area is 204 Å². The van der Waals surface area contributed by atoms with Crippen molar-refractivity contribution in [2.24, 2.45) is 5.92 Å². The van der Waals surface area contributed by atoms with Crippen LogP contribution < -0.4 is 9.47 Å². The van der Waals surface area contributed by atoms with Crippen LogP contribution in [0.2, 0.25) is 5.02 Å². The minimum atomic E-state index is -0.490. The summed E-state index contributed by atoms with van der Waals surface area (Å²) >= 11 is 6.56. The molecule has 0 aliphatic carbocycles. The monoisotopic (exact) mass is 486 g/mol. The molecule has 0 atom stereocenters. The molecule has 182 valence electrons. The van der Waals surface area contributed by atoms with Crippen LogP contribution in [0.5, 0.6) is 11.5 Å². The van der Waals surface area contributed by atoms with Gasteiger partial charge >= 0.3 is 6.09 Å². The van der Waals surface area contributed by atoms with E-state index in [9.17, 15) is 4.79 Å². The number of rotatable bonds is 5. The first-order chi connectivity index (χ1) is 16.1. The molecule has 0 N–H and O–H groups in total. The Balaban J connectivity index is 1.46.